The summed E-state index contributed by atoms with van der Waals surface area (Å²) in [6.45, 7) is 7.03. The normalized spacial score (nSPS) is 12.8. The SMILES string of the molecule is CSC(C)CCNC(=O)c1cc(Br)cn1C(C)C. The summed E-state index contributed by atoms with van der Waals surface area (Å²) < 4.78 is 2.93. The number of thioether (sulfide) groups is 1. The van der Waals surface area contributed by atoms with Crippen molar-refractivity contribution in [1.82, 2.24) is 9.88 Å². The van der Waals surface area contributed by atoms with E-state index in [0.29, 0.717) is 10.9 Å². The number of hydrogen-bond donors (Lipinski definition) is 1. The first-order valence-electron chi connectivity index (χ1n) is 6.14. The molecule has 1 N–H and O–H groups in total. The molecule has 0 aromatic carbocycles. The molecule has 0 fully saturated rings. The Hall–Kier alpha value is -0.420. The molecule has 1 rings (SSSR count). The molecule has 0 saturated heterocycles. The van der Waals surface area contributed by atoms with Gasteiger partial charge in [-0.1, -0.05) is 6.92 Å². The van der Waals surface area contributed by atoms with Gasteiger partial charge in [-0.15, -0.1) is 0 Å². The molecule has 0 radical (unpaired) electrons. The number of carbonyl (C=O) groups is 1. The van der Waals surface area contributed by atoms with E-state index in [0.717, 1.165) is 17.4 Å². The summed E-state index contributed by atoms with van der Waals surface area (Å²) in [6.07, 6.45) is 5.04. The second-order valence-electron chi connectivity index (χ2n) is 4.64. The van der Waals surface area contributed by atoms with Crippen molar-refractivity contribution in [3.63, 3.8) is 0 Å². The number of nitrogens with zero attached hydrogens (tertiary/aromatic N) is 1. The molecule has 0 aliphatic heterocycles. The van der Waals surface area contributed by atoms with Crippen molar-refractivity contribution in [1.29, 1.82) is 0 Å². The first-order chi connectivity index (χ1) is 8.45. The molecule has 0 saturated carbocycles. The number of hydrogen-bond acceptors (Lipinski definition) is 2. The average molecular weight is 333 g/mol. The molecular formula is C13H21BrN2OS. The molecular weight excluding hydrogens is 312 g/mol. The quantitative estimate of drug-likeness (QED) is 0.861. The van der Waals surface area contributed by atoms with Crippen LogP contribution in [-0.4, -0.2) is 28.5 Å². The lowest BCUT2D eigenvalue weighted by Gasteiger charge is -2.13. The predicted octanol–water partition coefficient (Wildman–Crippen LogP) is 3.70. The van der Waals surface area contributed by atoms with Crippen molar-refractivity contribution in [3.8, 4) is 0 Å². The van der Waals surface area contributed by atoms with Crippen LogP contribution in [0.2, 0.25) is 0 Å². The van der Waals surface area contributed by atoms with Gasteiger partial charge in [0.2, 0.25) is 0 Å². The Kier molecular flexibility index (Phi) is 6.29. The number of rotatable bonds is 6. The van der Waals surface area contributed by atoms with Crippen LogP contribution in [0, 0.1) is 0 Å². The van der Waals surface area contributed by atoms with E-state index in [1.54, 1.807) is 0 Å². The fourth-order valence-corrected chi connectivity index (χ4v) is 2.44. The Morgan fingerprint density at radius 1 is 1.50 bits per heavy atom. The number of halogens is 1. The third kappa shape index (κ3) is 4.35. The van der Waals surface area contributed by atoms with E-state index in [1.165, 1.54) is 0 Å². The van der Waals surface area contributed by atoms with Gasteiger partial charge in [0.15, 0.2) is 0 Å². The Labute approximate surface area is 122 Å². The topological polar surface area (TPSA) is 34.0 Å². The van der Waals surface area contributed by atoms with Crippen LogP contribution < -0.4 is 5.32 Å². The van der Waals surface area contributed by atoms with Gasteiger partial charge in [0.1, 0.15) is 5.69 Å². The van der Waals surface area contributed by atoms with E-state index in [4.69, 9.17) is 0 Å². The van der Waals surface area contributed by atoms with Crippen LogP contribution in [0.3, 0.4) is 0 Å². The molecule has 1 aromatic heterocycles. The van der Waals surface area contributed by atoms with Gasteiger partial charge in [0, 0.05) is 28.5 Å². The van der Waals surface area contributed by atoms with Gasteiger partial charge in [0.05, 0.1) is 0 Å². The van der Waals surface area contributed by atoms with Gasteiger partial charge in [-0.25, -0.2) is 0 Å². The summed E-state index contributed by atoms with van der Waals surface area (Å²) >= 11 is 5.24. The van der Waals surface area contributed by atoms with Crippen molar-refractivity contribution >= 4 is 33.6 Å². The van der Waals surface area contributed by atoms with Crippen molar-refractivity contribution < 1.29 is 4.79 Å². The van der Waals surface area contributed by atoms with Crippen molar-refractivity contribution in [3.05, 3.63) is 22.4 Å². The first kappa shape index (κ1) is 15.6. The maximum atomic E-state index is 12.1. The zero-order valence-corrected chi connectivity index (χ0v) is 13.8. The maximum Gasteiger partial charge on any atom is 0.267 e. The van der Waals surface area contributed by atoms with Crippen LogP contribution in [0.15, 0.2) is 16.7 Å². The lowest BCUT2D eigenvalue weighted by Crippen LogP contribution is -2.28. The van der Waals surface area contributed by atoms with Crippen LogP contribution >= 0.6 is 27.7 Å². The van der Waals surface area contributed by atoms with Crippen molar-refractivity contribution in [2.45, 2.75) is 38.5 Å². The Bertz CT molecular complexity index is 404. The number of amides is 1. The Morgan fingerprint density at radius 3 is 2.72 bits per heavy atom. The summed E-state index contributed by atoms with van der Waals surface area (Å²) in [5.74, 6) is 0.00250. The Balaban J connectivity index is 2.61. The minimum absolute atomic E-state index is 0.00250. The largest absolute Gasteiger partial charge is 0.351 e. The lowest BCUT2D eigenvalue weighted by molar-refractivity contribution is 0.0942. The fourth-order valence-electron chi connectivity index (χ4n) is 1.65. The average Bonchev–Trinajstić information content (AvgIpc) is 2.71. The maximum absolute atomic E-state index is 12.1. The highest BCUT2D eigenvalue weighted by atomic mass is 79.9. The molecule has 5 heteroatoms. The molecule has 1 atom stereocenters. The fraction of sp³-hybridized carbons (Fsp3) is 0.615. The minimum Gasteiger partial charge on any atom is -0.351 e. The molecule has 0 spiro atoms. The van der Waals surface area contributed by atoms with Crippen molar-refractivity contribution in [2.75, 3.05) is 12.8 Å². The molecule has 0 bridgehead atoms. The predicted molar refractivity (Wildman–Crippen MR) is 82.4 cm³/mol. The lowest BCUT2D eigenvalue weighted by atomic mass is 10.3. The van der Waals surface area contributed by atoms with Gasteiger partial charge >= 0.3 is 0 Å². The van der Waals surface area contributed by atoms with Gasteiger partial charge in [-0.3, -0.25) is 4.79 Å². The van der Waals surface area contributed by atoms with E-state index in [9.17, 15) is 4.79 Å². The third-order valence-electron chi connectivity index (χ3n) is 2.84. The van der Waals surface area contributed by atoms with E-state index < -0.39 is 0 Å². The molecule has 3 nitrogen and oxygen atoms in total. The second-order valence-corrected chi connectivity index (χ2v) is 6.83. The standard InChI is InChI=1S/C13H21BrN2OS/c1-9(2)16-8-11(14)7-12(16)13(17)15-6-5-10(3)18-4/h7-10H,5-6H2,1-4H3,(H,15,17). The van der Waals surface area contributed by atoms with Crippen LogP contribution in [0.1, 0.15) is 43.7 Å². The minimum atomic E-state index is 0.00250. The van der Waals surface area contributed by atoms with Gasteiger partial charge < -0.3 is 9.88 Å². The molecule has 1 unspecified atom stereocenters. The summed E-state index contributed by atoms with van der Waals surface area (Å²) in [6, 6.07) is 2.15. The van der Waals surface area contributed by atoms with Gasteiger partial charge in [-0.05, 0) is 48.5 Å². The summed E-state index contributed by atoms with van der Waals surface area (Å²) in [5, 5.41) is 3.56. The molecule has 0 aliphatic carbocycles. The number of aromatic nitrogens is 1. The molecule has 18 heavy (non-hydrogen) atoms. The smallest absolute Gasteiger partial charge is 0.267 e. The highest BCUT2D eigenvalue weighted by Gasteiger charge is 2.14. The Morgan fingerprint density at radius 2 is 2.17 bits per heavy atom. The molecule has 102 valence electrons. The highest BCUT2D eigenvalue weighted by Crippen LogP contribution is 2.19. The zero-order valence-electron chi connectivity index (χ0n) is 11.4. The zero-order chi connectivity index (χ0) is 13.7. The number of nitrogens with one attached hydrogen (secondary N) is 1. The molecule has 1 heterocycles. The van der Waals surface area contributed by atoms with Crippen LogP contribution in [0.25, 0.3) is 0 Å². The van der Waals surface area contributed by atoms with Gasteiger partial charge in [-0.2, -0.15) is 11.8 Å². The van der Waals surface area contributed by atoms with Gasteiger partial charge in [0.25, 0.3) is 5.91 Å². The monoisotopic (exact) mass is 332 g/mol. The van der Waals surface area contributed by atoms with Crippen LogP contribution in [0.5, 0.6) is 0 Å². The van der Waals surface area contributed by atoms with Crippen LogP contribution in [0.4, 0.5) is 0 Å². The first-order valence-corrected chi connectivity index (χ1v) is 8.22. The highest BCUT2D eigenvalue weighted by molar-refractivity contribution is 9.10. The van der Waals surface area contributed by atoms with Crippen molar-refractivity contribution in [2.24, 2.45) is 0 Å². The summed E-state index contributed by atoms with van der Waals surface area (Å²) in [4.78, 5) is 12.1. The molecule has 1 aromatic rings. The second kappa shape index (κ2) is 7.24. The van der Waals surface area contributed by atoms with E-state index in [2.05, 4.69) is 48.3 Å². The van der Waals surface area contributed by atoms with Crippen LogP contribution in [-0.2, 0) is 0 Å². The summed E-state index contributed by atoms with van der Waals surface area (Å²) in [5.41, 5.74) is 0.716. The van der Waals surface area contributed by atoms with E-state index in [-0.39, 0.29) is 11.9 Å². The van der Waals surface area contributed by atoms with E-state index >= 15 is 0 Å². The molecule has 1 amide bonds. The summed E-state index contributed by atoms with van der Waals surface area (Å²) in [7, 11) is 0. The van der Waals surface area contributed by atoms with E-state index in [1.807, 2.05) is 28.6 Å². The number of carbonyl (C=O) groups excluding carboxylic acids is 1. The third-order valence-corrected chi connectivity index (χ3v) is 4.32. The molecule has 0 aliphatic rings.